The lowest BCUT2D eigenvalue weighted by Crippen LogP contribution is -2.31. The van der Waals surface area contributed by atoms with Crippen molar-refractivity contribution >= 4 is 15.9 Å². The van der Waals surface area contributed by atoms with E-state index in [0.29, 0.717) is 19.5 Å². The van der Waals surface area contributed by atoms with Gasteiger partial charge in [-0.3, -0.25) is 4.79 Å². The Bertz CT molecular complexity index is 895. The molecule has 0 aromatic heterocycles. The summed E-state index contributed by atoms with van der Waals surface area (Å²) in [5, 5.41) is 0. The van der Waals surface area contributed by atoms with Crippen LogP contribution in [0.4, 0.5) is 0 Å². The van der Waals surface area contributed by atoms with Crippen LogP contribution in [-0.2, 0) is 21.4 Å². The monoisotopic (exact) mass is 372 g/mol. The third kappa shape index (κ3) is 4.31. The minimum atomic E-state index is -3.56. The molecule has 0 bridgehead atoms. The van der Waals surface area contributed by atoms with E-state index in [9.17, 15) is 13.2 Å². The zero-order valence-corrected chi connectivity index (χ0v) is 15.9. The van der Waals surface area contributed by atoms with Crippen LogP contribution >= 0.6 is 0 Å². The average Bonchev–Trinajstić information content (AvgIpc) is 2.96. The molecule has 1 N–H and O–H groups in total. The van der Waals surface area contributed by atoms with Gasteiger partial charge in [0, 0.05) is 26.1 Å². The number of carbonyl (C=O) groups excluding carboxylic acids is 1. The van der Waals surface area contributed by atoms with E-state index in [0.717, 1.165) is 16.7 Å². The first-order chi connectivity index (χ1) is 12.3. The molecule has 5 nitrogen and oxygen atoms in total. The van der Waals surface area contributed by atoms with Gasteiger partial charge in [0.25, 0.3) is 0 Å². The van der Waals surface area contributed by atoms with E-state index < -0.39 is 10.0 Å². The maximum atomic E-state index is 12.5. The average molecular weight is 372 g/mol. The molecular weight excluding hydrogens is 348 g/mol. The summed E-state index contributed by atoms with van der Waals surface area (Å²) in [5.41, 5.74) is 3.08. The van der Waals surface area contributed by atoms with Crippen LogP contribution in [0.1, 0.15) is 23.1 Å². The van der Waals surface area contributed by atoms with Crippen molar-refractivity contribution in [1.82, 2.24) is 9.62 Å². The number of carbonyl (C=O) groups is 1. The molecule has 1 heterocycles. The predicted octanol–water partition coefficient (Wildman–Crippen LogP) is 2.63. The van der Waals surface area contributed by atoms with Gasteiger partial charge < -0.3 is 4.90 Å². The number of hydrogen-bond donors (Lipinski definition) is 1. The lowest BCUT2D eigenvalue weighted by molar-refractivity contribution is -0.128. The summed E-state index contributed by atoms with van der Waals surface area (Å²) >= 11 is 0. The van der Waals surface area contributed by atoms with Crippen LogP contribution in [0, 0.1) is 19.8 Å². The molecule has 1 atom stereocenters. The maximum absolute atomic E-state index is 12.5. The van der Waals surface area contributed by atoms with E-state index in [1.807, 2.05) is 50.2 Å². The first-order valence-electron chi connectivity index (χ1n) is 8.74. The first-order valence-corrected chi connectivity index (χ1v) is 10.2. The third-order valence-electron chi connectivity index (χ3n) is 4.86. The van der Waals surface area contributed by atoms with Crippen molar-refractivity contribution in [1.29, 1.82) is 0 Å². The van der Waals surface area contributed by atoms with Crippen molar-refractivity contribution in [2.24, 2.45) is 5.92 Å². The fourth-order valence-electron chi connectivity index (χ4n) is 3.14. The maximum Gasteiger partial charge on any atom is 0.240 e. The van der Waals surface area contributed by atoms with E-state index in [-0.39, 0.29) is 23.3 Å². The molecule has 0 aliphatic carbocycles. The van der Waals surface area contributed by atoms with Crippen LogP contribution in [0.15, 0.2) is 53.4 Å². The van der Waals surface area contributed by atoms with Crippen LogP contribution < -0.4 is 4.72 Å². The minimum Gasteiger partial charge on any atom is -0.338 e. The predicted molar refractivity (Wildman–Crippen MR) is 101 cm³/mol. The van der Waals surface area contributed by atoms with Gasteiger partial charge in [-0.25, -0.2) is 13.1 Å². The Hall–Kier alpha value is -2.18. The van der Waals surface area contributed by atoms with Gasteiger partial charge in [0.15, 0.2) is 0 Å². The summed E-state index contributed by atoms with van der Waals surface area (Å²) in [4.78, 5) is 14.3. The van der Waals surface area contributed by atoms with Crippen LogP contribution in [0.5, 0.6) is 0 Å². The molecule has 2 aromatic carbocycles. The summed E-state index contributed by atoms with van der Waals surface area (Å²) in [6, 6.07) is 14.9. The lowest BCUT2D eigenvalue weighted by Gasteiger charge is -2.17. The highest BCUT2D eigenvalue weighted by molar-refractivity contribution is 7.89. The quantitative estimate of drug-likeness (QED) is 0.848. The van der Waals surface area contributed by atoms with E-state index in [4.69, 9.17) is 0 Å². The highest BCUT2D eigenvalue weighted by Gasteiger charge is 2.30. The Morgan fingerprint density at radius 1 is 1.08 bits per heavy atom. The van der Waals surface area contributed by atoms with Crippen LogP contribution in [-0.4, -0.2) is 32.3 Å². The normalized spacial score (nSPS) is 17.7. The Kier molecular flexibility index (Phi) is 5.44. The number of aryl methyl sites for hydroxylation is 2. The van der Waals surface area contributed by atoms with E-state index in [2.05, 4.69) is 4.72 Å². The number of nitrogens with zero attached hydrogens (tertiary/aromatic N) is 1. The van der Waals surface area contributed by atoms with Gasteiger partial charge in [0.05, 0.1) is 4.90 Å². The summed E-state index contributed by atoms with van der Waals surface area (Å²) in [7, 11) is -3.56. The second-order valence-corrected chi connectivity index (χ2v) is 8.69. The molecule has 0 saturated carbocycles. The number of sulfonamides is 1. The zero-order chi connectivity index (χ0) is 18.7. The van der Waals surface area contributed by atoms with Crippen molar-refractivity contribution in [2.45, 2.75) is 31.7 Å². The highest BCUT2D eigenvalue weighted by atomic mass is 32.2. The van der Waals surface area contributed by atoms with Crippen LogP contribution in [0.25, 0.3) is 0 Å². The van der Waals surface area contributed by atoms with Gasteiger partial charge in [-0.05, 0) is 48.6 Å². The Balaban J connectivity index is 1.59. The zero-order valence-electron chi connectivity index (χ0n) is 15.1. The Morgan fingerprint density at radius 3 is 2.50 bits per heavy atom. The summed E-state index contributed by atoms with van der Waals surface area (Å²) in [6.07, 6.45) is 0.377. The molecule has 1 amide bonds. The molecule has 1 unspecified atom stereocenters. The number of amides is 1. The van der Waals surface area contributed by atoms with Crippen LogP contribution in [0.2, 0.25) is 0 Å². The number of benzene rings is 2. The largest absolute Gasteiger partial charge is 0.338 e. The van der Waals surface area contributed by atoms with Crippen molar-refractivity contribution in [3.8, 4) is 0 Å². The van der Waals surface area contributed by atoms with E-state index in [1.165, 1.54) is 0 Å². The SMILES string of the molecule is Cc1ccc(S(=O)(=O)NCC2CC(=O)N(Cc3ccccc3)C2)cc1C. The summed E-state index contributed by atoms with van der Waals surface area (Å²) in [5.74, 6) is 0.0664. The molecule has 2 aromatic rings. The molecule has 3 rings (SSSR count). The van der Waals surface area contributed by atoms with Crippen molar-refractivity contribution in [2.75, 3.05) is 13.1 Å². The van der Waals surface area contributed by atoms with E-state index in [1.54, 1.807) is 17.0 Å². The lowest BCUT2D eigenvalue weighted by atomic mass is 10.1. The number of rotatable bonds is 6. The van der Waals surface area contributed by atoms with Gasteiger partial charge in [-0.2, -0.15) is 0 Å². The van der Waals surface area contributed by atoms with Gasteiger partial charge in [-0.15, -0.1) is 0 Å². The molecule has 0 spiro atoms. The molecule has 138 valence electrons. The molecule has 1 saturated heterocycles. The molecule has 1 fully saturated rings. The fourth-order valence-corrected chi connectivity index (χ4v) is 4.34. The molecule has 1 aliphatic heterocycles. The van der Waals surface area contributed by atoms with Gasteiger partial charge in [0.2, 0.25) is 15.9 Å². The minimum absolute atomic E-state index is 0.00691. The third-order valence-corrected chi connectivity index (χ3v) is 6.28. The fraction of sp³-hybridized carbons (Fsp3) is 0.350. The van der Waals surface area contributed by atoms with Gasteiger partial charge in [-0.1, -0.05) is 36.4 Å². The Morgan fingerprint density at radius 2 is 1.81 bits per heavy atom. The number of likely N-dealkylation sites (tertiary alicyclic amines) is 1. The number of nitrogens with one attached hydrogen (secondary N) is 1. The second-order valence-electron chi connectivity index (χ2n) is 6.93. The van der Waals surface area contributed by atoms with Crippen LogP contribution in [0.3, 0.4) is 0 Å². The van der Waals surface area contributed by atoms with Gasteiger partial charge in [0.1, 0.15) is 0 Å². The first kappa shape index (κ1) is 18.6. The standard InChI is InChI=1S/C20H24N2O3S/c1-15-8-9-19(10-16(15)2)26(24,25)21-12-18-11-20(23)22(14-18)13-17-6-4-3-5-7-17/h3-10,18,21H,11-14H2,1-2H3. The Labute approximate surface area is 155 Å². The van der Waals surface area contributed by atoms with Crippen molar-refractivity contribution in [3.63, 3.8) is 0 Å². The molecule has 26 heavy (non-hydrogen) atoms. The number of hydrogen-bond acceptors (Lipinski definition) is 3. The molecule has 0 radical (unpaired) electrons. The van der Waals surface area contributed by atoms with Gasteiger partial charge >= 0.3 is 0 Å². The molecule has 6 heteroatoms. The topological polar surface area (TPSA) is 66.5 Å². The highest BCUT2D eigenvalue weighted by Crippen LogP contribution is 2.21. The summed E-state index contributed by atoms with van der Waals surface area (Å²) < 4.78 is 27.7. The van der Waals surface area contributed by atoms with Crippen molar-refractivity contribution in [3.05, 3.63) is 65.2 Å². The smallest absolute Gasteiger partial charge is 0.240 e. The summed E-state index contributed by atoms with van der Waals surface area (Å²) in [6.45, 7) is 5.26. The molecule has 1 aliphatic rings. The second kappa shape index (κ2) is 7.60. The van der Waals surface area contributed by atoms with Crippen molar-refractivity contribution < 1.29 is 13.2 Å². The molecular formula is C20H24N2O3S. The van der Waals surface area contributed by atoms with E-state index >= 15 is 0 Å².